The molecule has 1 aliphatic carbocycles. The molecule has 0 bridgehead atoms. The Bertz CT molecular complexity index is 753. The smallest absolute Gasteiger partial charge is 0.189 e. The summed E-state index contributed by atoms with van der Waals surface area (Å²) in [6, 6.07) is 11.5. The largest absolute Gasteiger partial charge is 0.496 e. The van der Waals surface area contributed by atoms with Crippen LogP contribution in [0.2, 0.25) is 0 Å². The molecule has 1 fully saturated rings. The molecule has 1 saturated carbocycles. The van der Waals surface area contributed by atoms with E-state index < -0.39 is 11.6 Å². The normalized spacial score (nSPS) is 20.0. The van der Waals surface area contributed by atoms with Crippen molar-refractivity contribution >= 4 is 5.96 Å². The van der Waals surface area contributed by atoms with E-state index in [0.29, 0.717) is 18.1 Å². The van der Waals surface area contributed by atoms with Crippen molar-refractivity contribution in [1.82, 2.24) is 5.32 Å². The van der Waals surface area contributed by atoms with Crippen LogP contribution in [-0.2, 0) is 6.54 Å². The number of hydrogen-bond donors (Lipinski definition) is 2. The number of ether oxygens (including phenoxy) is 1. The van der Waals surface area contributed by atoms with Crippen LogP contribution in [0.4, 0.5) is 8.78 Å². The number of para-hydroxylation sites is 1. The first kappa shape index (κ1) is 17.2. The van der Waals surface area contributed by atoms with E-state index in [1.807, 2.05) is 24.3 Å². The van der Waals surface area contributed by atoms with Gasteiger partial charge in [0.25, 0.3) is 0 Å². The molecule has 1 aliphatic rings. The van der Waals surface area contributed by atoms with Crippen molar-refractivity contribution in [2.45, 2.75) is 31.3 Å². The van der Waals surface area contributed by atoms with Crippen molar-refractivity contribution in [1.29, 1.82) is 0 Å². The Balaban J connectivity index is 1.52. The minimum Gasteiger partial charge on any atom is -0.496 e. The van der Waals surface area contributed by atoms with E-state index in [9.17, 15) is 8.78 Å². The van der Waals surface area contributed by atoms with E-state index in [4.69, 9.17) is 10.5 Å². The van der Waals surface area contributed by atoms with E-state index in [1.54, 1.807) is 7.11 Å². The minimum absolute atomic E-state index is 0.143. The Morgan fingerprint density at radius 2 is 1.88 bits per heavy atom. The van der Waals surface area contributed by atoms with Gasteiger partial charge in [-0.25, -0.2) is 13.8 Å². The van der Waals surface area contributed by atoms with Gasteiger partial charge in [-0.2, -0.15) is 0 Å². The molecule has 0 amide bonds. The highest BCUT2D eigenvalue weighted by Crippen LogP contribution is 2.37. The molecule has 2 aromatic carbocycles. The Kier molecular flexibility index (Phi) is 5.16. The molecular weight excluding hydrogens is 324 g/mol. The fourth-order valence-corrected chi connectivity index (χ4v) is 3.08. The number of guanidine groups is 1. The molecule has 25 heavy (non-hydrogen) atoms. The fraction of sp³-hybridized carbons (Fsp3) is 0.316. The SMILES string of the molecule is COc1ccccc1CN=C(N)NC1CC(c2cc(F)cc(F)c2)C1. The number of aliphatic imine (C=N–C) groups is 1. The molecule has 0 spiro atoms. The molecule has 3 N–H and O–H groups in total. The highest BCUT2D eigenvalue weighted by molar-refractivity contribution is 5.78. The first-order valence-corrected chi connectivity index (χ1v) is 8.19. The van der Waals surface area contributed by atoms with Gasteiger partial charge in [-0.05, 0) is 42.5 Å². The maximum atomic E-state index is 13.3. The summed E-state index contributed by atoms with van der Waals surface area (Å²) in [5.74, 6) is 0.203. The van der Waals surface area contributed by atoms with Crippen molar-refractivity contribution in [2.75, 3.05) is 7.11 Å². The summed E-state index contributed by atoms with van der Waals surface area (Å²) in [6.45, 7) is 0.425. The highest BCUT2D eigenvalue weighted by Gasteiger charge is 2.31. The minimum atomic E-state index is -0.538. The zero-order valence-electron chi connectivity index (χ0n) is 14.0. The first-order valence-electron chi connectivity index (χ1n) is 8.19. The van der Waals surface area contributed by atoms with Crippen LogP contribution in [-0.4, -0.2) is 19.1 Å². The average molecular weight is 345 g/mol. The molecule has 0 radical (unpaired) electrons. The third-order valence-electron chi connectivity index (χ3n) is 4.46. The summed E-state index contributed by atoms with van der Waals surface area (Å²) in [7, 11) is 1.62. The predicted molar refractivity (Wildman–Crippen MR) is 93.6 cm³/mol. The quantitative estimate of drug-likeness (QED) is 0.645. The zero-order valence-corrected chi connectivity index (χ0v) is 14.0. The lowest BCUT2D eigenvalue weighted by Crippen LogP contribution is -2.46. The van der Waals surface area contributed by atoms with Gasteiger partial charge < -0.3 is 15.8 Å². The maximum absolute atomic E-state index is 13.3. The maximum Gasteiger partial charge on any atom is 0.189 e. The molecule has 0 aliphatic heterocycles. The molecule has 0 saturated heterocycles. The average Bonchev–Trinajstić information content (AvgIpc) is 2.55. The molecule has 0 aromatic heterocycles. The molecule has 4 nitrogen and oxygen atoms in total. The van der Waals surface area contributed by atoms with Crippen LogP contribution in [0.5, 0.6) is 5.75 Å². The Hall–Kier alpha value is -2.63. The van der Waals surface area contributed by atoms with Crippen LogP contribution in [0, 0.1) is 11.6 Å². The standard InChI is InChI=1S/C19H21F2N3O/c1-25-18-5-3-2-4-12(18)11-23-19(22)24-17-8-14(9-17)13-6-15(20)10-16(21)7-13/h2-7,10,14,17H,8-9,11H2,1H3,(H3,22,23,24). The summed E-state index contributed by atoms with van der Waals surface area (Å²) in [6.07, 6.45) is 1.54. The van der Waals surface area contributed by atoms with Crippen LogP contribution in [0.15, 0.2) is 47.5 Å². The summed E-state index contributed by atoms with van der Waals surface area (Å²) in [5, 5.41) is 3.15. The van der Waals surface area contributed by atoms with Gasteiger partial charge in [0.15, 0.2) is 5.96 Å². The fourth-order valence-electron chi connectivity index (χ4n) is 3.08. The second-order valence-corrected chi connectivity index (χ2v) is 6.23. The van der Waals surface area contributed by atoms with Crippen LogP contribution >= 0.6 is 0 Å². The van der Waals surface area contributed by atoms with E-state index >= 15 is 0 Å². The van der Waals surface area contributed by atoms with E-state index in [1.165, 1.54) is 12.1 Å². The third kappa shape index (κ3) is 4.26. The Morgan fingerprint density at radius 3 is 2.56 bits per heavy atom. The van der Waals surface area contributed by atoms with Crippen molar-refractivity contribution in [3.8, 4) is 5.75 Å². The Labute approximate surface area is 145 Å². The van der Waals surface area contributed by atoms with Gasteiger partial charge in [0.05, 0.1) is 13.7 Å². The van der Waals surface area contributed by atoms with Gasteiger partial charge in [0.2, 0.25) is 0 Å². The highest BCUT2D eigenvalue weighted by atomic mass is 19.1. The van der Waals surface area contributed by atoms with E-state index in [2.05, 4.69) is 10.3 Å². The summed E-state index contributed by atoms with van der Waals surface area (Å²) >= 11 is 0. The van der Waals surface area contributed by atoms with Crippen LogP contribution < -0.4 is 15.8 Å². The van der Waals surface area contributed by atoms with Gasteiger partial charge in [-0.3, -0.25) is 0 Å². The second kappa shape index (κ2) is 7.51. The number of nitrogens with zero attached hydrogens (tertiary/aromatic N) is 1. The molecule has 6 heteroatoms. The summed E-state index contributed by atoms with van der Waals surface area (Å²) in [5.41, 5.74) is 7.58. The first-order chi connectivity index (χ1) is 12.0. The van der Waals surface area contributed by atoms with Crippen molar-refractivity contribution < 1.29 is 13.5 Å². The van der Waals surface area contributed by atoms with Crippen molar-refractivity contribution in [2.24, 2.45) is 10.7 Å². The van der Waals surface area contributed by atoms with Gasteiger partial charge in [-0.1, -0.05) is 18.2 Å². The van der Waals surface area contributed by atoms with E-state index in [-0.39, 0.29) is 12.0 Å². The number of rotatable bonds is 5. The number of nitrogens with one attached hydrogen (secondary N) is 1. The van der Waals surface area contributed by atoms with Crippen LogP contribution in [0.3, 0.4) is 0 Å². The molecule has 132 valence electrons. The van der Waals surface area contributed by atoms with E-state index in [0.717, 1.165) is 30.2 Å². The number of halogens is 2. The predicted octanol–water partition coefficient (Wildman–Crippen LogP) is 3.32. The number of nitrogens with two attached hydrogens (primary N) is 1. The van der Waals surface area contributed by atoms with Gasteiger partial charge in [0.1, 0.15) is 17.4 Å². The monoisotopic (exact) mass is 345 g/mol. The molecule has 0 unspecified atom stereocenters. The van der Waals surface area contributed by atoms with Gasteiger partial charge in [0, 0.05) is 17.7 Å². The Morgan fingerprint density at radius 1 is 1.20 bits per heavy atom. The van der Waals surface area contributed by atoms with Crippen molar-refractivity contribution in [3.05, 3.63) is 65.2 Å². The number of benzene rings is 2. The van der Waals surface area contributed by atoms with Gasteiger partial charge in [-0.15, -0.1) is 0 Å². The molecule has 3 rings (SSSR count). The summed E-state index contributed by atoms with van der Waals surface area (Å²) < 4.78 is 31.8. The third-order valence-corrected chi connectivity index (χ3v) is 4.46. The lowest BCUT2D eigenvalue weighted by Gasteiger charge is -2.36. The van der Waals surface area contributed by atoms with Gasteiger partial charge >= 0.3 is 0 Å². The molecule has 2 aromatic rings. The van der Waals surface area contributed by atoms with Crippen molar-refractivity contribution in [3.63, 3.8) is 0 Å². The lowest BCUT2D eigenvalue weighted by atomic mass is 9.76. The zero-order chi connectivity index (χ0) is 17.8. The lowest BCUT2D eigenvalue weighted by molar-refractivity contribution is 0.322. The second-order valence-electron chi connectivity index (χ2n) is 6.23. The number of methoxy groups -OCH3 is 1. The topological polar surface area (TPSA) is 59.6 Å². The van der Waals surface area contributed by atoms with Crippen LogP contribution in [0.1, 0.15) is 29.9 Å². The molecule has 0 heterocycles. The molecular formula is C19H21F2N3O. The van der Waals surface area contributed by atoms with Crippen LogP contribution in [0.25, 0.3) is 0 Å². The summed E-state index contributed by atoms with van der Waals surface area (Å²) in [4.78, 5) is 4.33. The number of hydrogen-bond acceptors (Lipinski definition) is 2. The molecule has 0 atom stereocenters.